The lowest BCUT2D eigenvalue weighted by atomic mass is 9.86. The number of nitrogens with one attached hydrogen (secondary N) is 3. The second kappa shape index (κ2) is 20.3. The molecule has 53 heavy (non-hydrogen) atoms. The van der Waals surface area contributed by atoms with Crippen LogP contribution in [0.3, 0.4) is 0 Å². The van der Waals surface area contributed by atoms with Crippen molar-refractivity contribution in [3.63, 3.8) is 0 Å². The Labute approximate surface area is 316 Å². The Morgan fingerprint density at radius 1 is 1.00 bits per heavy atom. The molecular weight excluding hydrogens is 674 g/mol. The van der Waals surface area contributed by atoms with E-state index < -0.39 is 41.6 Å². The Kier molecular flexibility index (Phi) is 16.5. The van der Waals surface area contributed by atoms with Crippen molar-refractivity contribution >= 4 is 23.9 Å². The second-order valence-corrected chi connectivity index (χ2v) is 15.7. The Balaban J connectivity index is 1.84. The highest BCUT2D eigenvalue weighted by Crippen LogP contribution is 2.23. The number of urea groups is 1. The van der Waals surface area contributed by atoms with Gasteiger partial charge in [0.1, 0.15) is 12.1 Å². The largest absolute Gasteiger partial charge is 0.453 e. The van der Waals surface area contributed by atoms with Crippen LogP contribution in [-0.4, -0.2) is 113 Å². The number of carbonyl (C=O) groups excluding carboxylic acids is 4. The third kappa shape index (κ3) is 13.3. The number of aromatic nitrogens is 1. The van der Waals surface area contributed by atoms with E-state index in [0.717, 1.165) is 23.4 Å². The van der Waals surface area contributed by atoms with E-state index in [1.807, 2.05) is 90.1 Å². The molecule has 0 bridgehead atoms. The number of alkyl carbamates (subject to hydrolysis) is 1. The summed E-state index contributed by atoms with van der Waals surface area (Å²) in [7, 11) is 1.24. The molecule has 2 heterocycles. The Hall–Kier alpha value is -4.23. The molecule has 1 aromatic heterocycles. The summed E-state index contributed by atoms with van der Waals surface area (Å²) in [5, 5.41) is 19.3. The number of aliphatic hydroxyl groups is 1. The predicted molar refractivity (Wildman–Crippen MR) is 206 cm³/mol. The first-order chi connectivity index (χ1) is 25.0. The van der Waals surface area contributed by atoms with Crippen LogP contribution >= 0.6 is 0 Å². The number of ether oxygens (including phenoxy) is 1. The minimum atomic E-state index is -1.11. The van der Waals surface area contributed by atoms with E-state index in [-0.39, 0.29) is 24.4 Å². The van der Waals surface area contributed by atoms with Gasteiger partial charge in [-0.1, -0.05) is 91.3 Å². The van der Waals surface area contributed by atoms with Crippen LogP contribution in [0.2, 0.25) is 0 Å². The molecule has 0 aliphatic carbocycles. The first kappa shape index (κ1) is 43.2. The Morgan fingerprint density at radius 2 is 1.70 bits per heavy atom. The monoisotopic (exact) mass is 737 g/mol. The average molecular weight is 738 g/mol. The number of nitrogens with zero attached hydrogens (tertiary/aromatic N) is 4. The SMILES string of the molecule is CC[C@H](C)[C@@H](C(=O)N[C@@H](Cc1ccccc1)[C@@H](O)CN(CCC(C)C)NC(=O)[C@@H](NC(=O)OC)C(C)(C)C)N1CCN(CCc2cccc(C)n2)C1=O. The van der Waals surface area contributed by atoms with Gasteiger partial charge in [0.05, 0.1) is 19.3 Å². The summed E-state index contributed by atoms with van der Waals surface area (Å²) < 4.78 is 4.77. The normalized spacial score (nSPS) is 16.3. The molecule has 1 aromatic carbocycles. The van der Waals surface area contributed by atoms with Gasteiger partial charge in [-0.15, -0.1) is 0 Å². The number of hydrazine groups is 1. The van der Waals surface area contributed by atoms with Gasteiger partial charge in [0.2, 0.25) is 5.91 Å². The van der Waals surface area contributed by atoms with Crippen LogP contribution in [0.1, 0.15) is 78.3 Å². The van der Waals surface area contributed by atoms with Gasteiger partial charge in [0.15, 0.2) is 0 Å². The minimum Gasteiger partial charge on any atom is -0.453 e. The number of hydrogen-bond donors (Lipinski definition) is 4. The average Bonchev–Trinajstić information content (AvgIpc) is 3.46. The van der Waals surface area contributed by atoms with Crippen LogP contribution in [0.5, 0.6) is 0 Å². The number of aryl methyl sites for hydroxylation is 1. The maximum Gasteiger partial charge on any atom is 0.407 e. The molecule has 3 rings (SSSR count). The van der Waals surface area contributed by atoms with Crippen LogP contribution in [0.25, 0.3) is 0 Å². The van der Waals surface area contributed by atoms with Crippen molar-refractivity contribution in [3.8, 4) is 0 Å². The molecule has 294 valence electrons. The van der Waals surface area contributed by atoms with E-state index >= 15 is 0 Å². The molecule has 5 atom stereocenters. The smallest absolute Gasteiger partial charge is 0.407 e. The highest BCUT2D eigenvalue weighted by Gasteiger charge is 2.41. The fraction of sp³-hybridized carbons (Fsp3) is 0.625. The molecule has 1 aliphatic rings. The number of carbonyl (C=O) groups is 4. The van der Waals surface area contributed by atoms with Crippen LogP contribution in [-0.2, 0) is 27.2 Å². The number of benzene rings is 1. The van der Waals surface area contributed by atoms with Crippen molar-refractivity contribution in [1.82, 2.24) is 35.9 Å². The fourth-order valence-electron chi connectivity index (χ4n) is 6.44. The van der Waals surface area contributed by atoms with Crippen molar-refractivity contribution in [2.75, 3.05) is 39.8 Å². The molecule has 0 spiro atoms. The van der Waals surface area contributed by atoms with E-state index in [4.69, 9.17) is 4.74 Å². The van der Waals surface area contributed by atoms with E-state index in [2.05, 4.69) is 34.9 Å². The summed E-state index contributed by atoms with van der Waals surface area (Å²) >= 11 is 0. The van der Waals surface area contributed by atoms with Gasteiger partial charge < -0.3 is 30.3 Å². The first-order valence-corrected chi connectivity index (χ1v) is 18.9. The maximum atomic E-state index is 14.3. The number of hydrogen-bond acceptors (Lipinski definition) is 8. The Bertz CT molecular complexity index is 1480. The van der Waals surface area contributed by atoms with Gasteiger partial charge in [-0.05, 0) is 54.7 Å². The van der Waals surface area contributed by atoms with Crippen LogP contribution in [0.4, 0.5) is 9.59 Å². The second-order valence-electron chi connectivity index (χ2n) is 15.7. The number of amides is 5. The van der Waals surface area contributed by atoms with E-state index in [1.54, 1.807) is 14.8 Å². The quantitative estimate of drug-likeness (QED) is 0.156. The molecule has 4 N–H and O–H groups in total. The summed E-state index contributed by atoms with van der Waals surface area (Å²) in [4.78, 5) is 61.9. The van der Waals surface area contributed by atoms with Crippen LogP contribution in [0, 0.1) is 24.2 Å². The number of methoxy groups -OCH3 is 1. The van der Waals surface area contributed by atoms with Gasteiger partial charge >= 0.3 is 12.1 Å². The third-order valence-electron chi connectivity index (χ3n) is 9.82. The Morgan fingerprint density at radius 3 is 2.30 bits per heavy atom. The zero-order valence-corrected chi connectivity index (χ0v) is 33.2. The first-order valence-electron chi connectivity index (χ1n) is 18.9. The van der Waals surface area contributed by atoms with E-state index in [9.17, 15) is 24.3 Å². The lowest BCUT2D eigenvalue weighted by Crippen LogP contribution is -2.60. The molecule has 13 heteroatoms. The van der Waals surface area contributed by atoms with Gasteiger partial charge in [-0.2, -0.15) is 0 Å². The molecule has 0 radical (unpaired) electrons. The highest BCUT2D eigenvalue weighted by molar-refractivity contribution is 5.88. The predicted octanol–water partition coefficient (Wildman–Crippen LogP) is 4.32. The van der Waals surface area contributed by atoms with E-state index in [0.29, 0.717) is 51.4 Å². The van der Waals surface area contributed by atoms with Gasteiger partial charge in [0, 0.05) is 50.5 Å². The van der Waals surface area contributed by atoms with Gasteiger partial charge in [-0.3, -0.25) is 20.0 Å². The minimum absolute atomic E-state index is 0.00272. The summed E-state index contributed by atoms with van der Waals surface area (Å²) in [5.74, 6) is -0.623. The third-order valence-corrected chi connectivity index (χ3v) is 9.82. The van der Waals surface area contributed by atoms with Crippen molar-refractivity contribution in [1.29, 1.82) is 0 Å². The number of rotatable bonds is 19. The topological polar surface area (TPSA) is 156 Å². The van der Waals surface area contributed by atoms with Crippen LogP contribution < -0.4 is 16.1 Å². The summed E-state index contributed by atoms with van der Waals surface area (Å²) in [5.41, 5.74) is 5.04. The highest BCUT2D eigenvalue weighted by atomic mass is 16.5. The fourth-order valence-corrected chi connectivity index (χ4v) is 6.44. The summed E-state index contributed by atoms with van der Waals surface area (Å²) in [6.45, 7) is 17.4. The lowest BCUT2D eigenvalue weighted by Gasteiger charge is -2.36. The molecule has 2 aromatic rings. The summed E-state index contributed by atoms with van der Waals surface area (Å²) in [6.07, 6.45) is 0.495. The van der Waals surface area contributed by atoms with Gasteiger partial charge in [-0.25, -0.2) is 14.6 Å². The molecule has 0 unspecified atom stereocenters. The summed E-state index contributed by atoms with van der Waals surface area (Å²) in [6, 6.07) is 12.9. The lowest BCUT2D eigenvalue weighted by molar-refractivity contribution is -0.132. The van der Waals surface area contributed by atoms with E-state index in [1.165, 1.54) is 7.11 Å². The van der Waals surface area contributed by atoms with Gasteiger partial charge in [0.25, 0.3) is 5.91 Å². The standard InChI is InChI=1S/C40H63N7O6/c1-10-28(4)34(47-24-23-45(39(47)52)21-20-31-18-14-15-29(5)41-31)36(49)42-32(25-30-16-12-11-13-17-30)33(48)26-46(22-19-27(2)3)44-37(50)35(40(6,7)8)43-38(51)53-9/h11-18,27-28,32-35,48H,10,19-26H2,1-9H3,(H,42,49)(H,43,51)(H,44,50)/t28-,32-,33-,34-,35+/m0/s1. The zero-order chi connectivity index (χ0) is 39.3. The zero-order valence-electron chi connectivity index (χ0n) is 33.2. The molecule has 0 saturated carbocycles. The van der Waals surface area contributed by atoms with Crippen molar-refractivity contribution in [2.24, 2.45) is 17.3 Å². The molecule has 1 saturated heterocycles. The van der Waals surface area contributed by atoms with Crippen LogP contribution in [0.15, 0.2) is 48.5 Å². The molecule has 5 amide bonds. The van der Waals surface area contributed by atoms with Crippen molar-refractivity contribution in [2.45, 2.75) is 105 Å². The molecule has 1 aliphatic heterocycles. The molecule has 13 nitrogen and oxygen atoms in total. The molecule has 1 fully saturated rings. The molecular formula is C40H63N7O6. The number of pyridine rings is 1. The maximum absolute atomic E-state index is 14.3. The van der Waals surface area contributed by atoms with Crippen molar-refractivity contribution in [3.05, 3.63) is 65.5 Å². The number of aliphatic hydroxyl groups excluding tert-OH is 1. The van der Waals surface area contributed by atoms with Crippen molar-refractivity contribution < 1.29 is 29.0 Å².